The zero-order valence-corrected chi connectivity index (χ0v) is 16.7. The summed E-state index contributed by atoms with van der Waals surface area (Å²) in [5.74, 6) is 0.417. The number of carbonyl (C=O) groups is 2. The molecule has 2 aromatic carbocycles. The van der Waals surface area contributed by atoms with Crippen molar-refractivity contribution < 1.29 is 23.8 Å². The van der Waals surface area contributed by atoms with Gasteiger partial charge in [0.1, 0.15) is 6.73 Å². The smallest absolute Gasteiger partial charge is 0.270 e. The topological polar surface area (TPSA) is 80.9 Å². The van der Waals surface area contributed by atoms with Crippen molar-refractivity contribution in [1.29, 1.82) is 0 Å². The normalized spacial score (nSPS) is 15.8. The summed E-state index contributed by atoms with van der Waals surface area (Å²) in [7, 11) is 0. The fourth-order valence-corrected chi connectivity index (χ4v) is 4.04. The first-order chi connectivity index (χ1) is 14.1. The summed E-state index contributed by atoms with van der Waals surface area (Å²) in [6.45, 7) is 0.342. The van der Waals surface area contributed by atoms with Crippen LogP contribution in [0.25, 0.3) is 16.5 Å². The molecular weight excluding hydrogens is 440 g/mol. The van der Waals surface area contributed by atoms with E-state index in [0.717, 1.165) is 21.4 Å². The summed E-state index contributed by atoms with van der Waals surface area (Å²) < 4.78 is 16.6. The lowest BCUT2D eigenvalue weighted by molar-refractivity contribution is -0.143. The molecule has 0 bridgehead atoms. The lowest BCUT2D eigenvalue weighted by Gasteiger charge is -2.15. The fraction of sp³-hybridized carbons (Fsp3) is 0.143. The molecule has 0 unspecified atom stereocenters. The molecule has 2 aliphatic heterocycles. The predicted molar refractivity (Wildman–Crippen MR) is 108 cm³/mol. The van der Waals surface area contributed by atoms with Crippen LogP contribution in [0.15, 0.2) is 53.1 Å². The van der Waals surface area contributed by atoms with Crippen molar-refractivity contribution in [3.63, 3.8) is 0 Å². The molecule has 1 aromatic heterocycles. The largest absolute Gasteiger partial charge is 0.454 e. The summed E-state index contributed by atoms with van der Waals surface area (Å²) in [4.78, 5) is 29.9. The summed E-state index contributed by atoms with van der Waals surface area (Å²) in [6, 6.07) is 13.2. The second kappa shape index (κ2) is 7.06. The number of hydrogen-bond acceptors (Lipinski definition) is 5. The lowest BCUT2D eigenvalue weighted by Crippen LogP contribution is -2.33. The van der Waals surface area contributed by atoms with E-state index in [0.29, 0.717) is 29.2 Å². The van der Waals surface area contributed by atoms with Gasteiger partial charge in [0.15, 0.2) is 11.5 Å². The molecule has 29 heavy (non-hydrogen) atoms. The van der Waals surface area contributed by atoms with Gasteiger partial charge in [0.05, 0.1) is 16.7 Å². The number of benzene rings is 2. The second-order valence-electron chi connectivity index (χ2n) is 6.64. The van der Waals surface area contributed by atoms with Crippen molar-refractivity contribution in [2.24, 2.45) is 0 Å². The SMILES string of the molecule is O=C1C(Br)=C(c2c[nH]c3cc4c(cc23)OCO4)C(=O)N1COCc1ccccc1. The number of nitrogens with zero attached hydrogens (tertiary/aromatic N) is 1. The minimum Gasteiger partial charge on any atom is -0.454 e. The monoisotopic (exact) mass is 454 g/mol. The number of halogens is 1. The standard InChI is InChI=1S/C21H15BrN2O5/c22-19-18(14-8-23-15-7-17-16(6-13(14)15)28-11-29-17)20(25)24(21(19)26)10-27-9-12-4-2-1-3-5-12/h1-8,23H,9-11H2. The Bertz CT molecular complexity index is 1170. The number of hydrogen-bond donors (Lipinski definition) is 1. The highest BCUT2D eigenvalue weighted by molar-refractivity contribution is 9.12. The molecule has 3 aromatic rings. The van der Waals surface area contributed by atoms with Crippen LogP contribution in [0.3, 0.4) is 0 Å². The van der Waals surface area contributed by atoms with Gasteiger partial charge in [-0.25, -0.2) is 4.90 Å². The first-order valence-electron chi connectivity index (χ1n) is 8.92. The van der Waals surface area contributed by atoms with E-state index >= 15 is 0 Å². The van der Waals surface area contributed by atoms with Gasteiger partial charge < -0.3 is 19.2 Å². The van der Waals surface area contributed by atoms with Crippen LogP contribution in [0, 0.1) is 0 Å². The zero-order valence-electron chi connectivity index (χ0n) is 15.1. The third kappa shape index (κ3) is 3.01. The van der Waals surface area contributed by atoms with Crippen LogP contribution in [0.1, 0.15) is 11.1 Å². The molecule has 0 radical (unpaired) electrons. The Hall–Kier alpha value is -3.10. The number of ether oxygens (including phenoxy) is 3. The van der Waals surface area contributed by atoms with Gasteiger partial charge in [-0.3, -0.25) is 9.59 Å². The van der Waals surface area contributed by atoms with Gasteiger partial charge in [0.2, 0.25) is 6.79 Å². The number of H-pyrrole nitrogens is 1. The van der Waals surface area contributed by atoms with Crippen molar-refractivity contribution in [1.82, 2.24) is 9.88 Å². The Balaban J connectivity index is 1.40. The molecule has 2 aliphatic rings. The molecule has 0 atom stereocenters. The molecule has 2 amide bonds. The number of rotatable bonds is 5. The van der Waals surface area contributed by atoms with Crippen LogP contribution in [-0.4, -0.2) is 35.2 Å². The number of aromatic nitrogens is 1. The van der Waals surface area contributed by atoms with Crippen molar-refractivity contribution >= 4 is 44.2 Å². The van der Waals surface area contributed by atoms with Crippen molar-refractivity contribution in [2.45, 2.75) is 6.61 Å². The van der Waals surface area contributed by atoms with Crippen molar-refractivity contribution in [3.8, 4) is 11.5 Å². The molecule has 0 aliphatic carbocycles. The van der Waals surface area contributed by atoms with E-state index in [1.54, 1.807) is 6.20 Å². The molecule has 5 rings (SSSR count). The molecule has 0 saturated carbocycles. The van der Waals surface area contributed by atoms with Crippen LogP contribution in [0.5, 0.6) is 11.5 Å². The van der Waals surface area contributed by atoms with Gasteiger partial charge in [0, 0.05) is 28.7 Å². The molecule has 146 valence electrons. The average molecular weight is 455 g/mol. The summed E-state index contributed by atoms with van der Waals surface area (Å²) in [5.41, 5.74) is 2.67. The molecule has 0 fully saturated rings. The molecule has 0 saturated heterocycles. The Morgan fingerprint density at radius 2 is 1.83 bits per heavy atom. The lowest BCUT2D eigenvalue weighted by atomic mass is 10.0. The van der Waals surface area contributed by atoms with Gasteiger partial charge in [-0.2, -0.15) is 0 Å². The molecule has 1 N–H and O–H groups in total. The van der Waals surface area contributed by atoms with Crippen LogP contribution in [0.4, 0.5) is 0 Å². The number of carbonyl (C=O) groups excluding carboxylic acids is 2. The first-order valence-corrected chi connectivity index (χ1v) is 9.71. The second-order valence-corrected chi connectivity index (χ2v) is 7.44. The van der Waals surface area contributed by atoms with Crippen LogP contribution in [-0.2, 0) is 20.9 Å². The van der Waals surface area contributed by atoms with Gasteiger partial charge in [-0.15, -0.1) is 0 Å². The van der Waals surface area contributed by atoms with Crippen LogP contribution >= 0.6 is 15.9 Å². The molecule has 0 spiro atoms. The molecule has 8 heteroatoms. The minimum absolute atomic E-state index is 0.125. The Labute approximate surface area is 174 Å². The summed E-state index contributed by atoms with van der Waals surface area (Å²) in [5, 5.41) is 0.773. The van der Waals surface area contributed by atoms with Crippen LogP contribution in [0.2, 0.25) is 0 Å². The number of nitrogens with one attached hydrogen (secondary N) is 1. The minimum atomic E-state index is -0.423. The van der Waals surface area contributed by atoms with E-state index in [4.69, 9.17) is 14.2 Å². The number of fused-ring (bicyclic) bond motifs is 2. The van der Waals surface area contributed by atoms with E-state index < -0.39 is 11.8 Å². The van der Waals surface area contributed by atoms with Gasteiger partial charge in [0.25, 0.3) is 11.8 Å². The van der Waals surface area contributed by atoms with Crippen molar-refractivity contribution in [3.05, 3.63) is 64.3 Å². The van der Waals surface area contributed by atoms with Crippen molar-refractivity contribution in [2.75, 3.05) is 13.5 Å². The maximum Gasteiger partial charge on any atom is 0.270 e. The quantitative estimate of drug-likeness (QED) is 0.596. The number of amides is 2. The van der Waals surface area contributed by atoms with E-state index in [2.05, 4.69) is 20.9 Å². The highest BCUT2D eigenvalue weighted by Crippen LogP contribution is 2.41. The summed E-state index contributed by atoms with van der Waals surface area (Å²) in [6.07, 6.45) is 1.70. The maximum absolute atomic E-state index is 13.0. The van der Waals surface area contributed by atoms with E-state index in [1.165, 1.54) is 0 Å². The molecule has 7 nitrogen and oxygen atoms in total. The van der Waals surface area contributed by atoms with Gasteiger partial charge in [-0.05, 0) is 27.6 Å². The van der Waals surface area contributed by atoms with Gasteiger partial charge >= 0.3 is 0 Å². The van der Waals surface area contributed by atoms with E-state index in [9.17, 15) is 9.59 Å². The predicted octanol–water partition coefficient (Wildman–Crippen LogP) is 3.55. The highest BCUT2D eigenvalue weighted by Gasteiger charge is 2.39. The average Bonchev–Trinajstić information content (AvgIpc) is 3.40. The zero-order chi connectivity index (χ0) is 20.0. The Morgan fingerprint density at radius 1 is 1.07 bits per heavy atom. The first kappa shape index (κ1) is 18.0. The third-order valence-corrected chi connectivity index (χ3v) is 5.62. The summed E-state index contributed by atoms with van der Waals surface area (Å²) >= 11 is 3.30. The highest BCUT2D eigenvalue weighted by atomic mass is 79.9. The fourth-order valence-electron chi connectivity index (χ4n) is 3.44. The van der Waals surface area contributed by atoms with E-state index in [-0.39, 0.29) is 18.0 Å². The van der Waals surface area contributed by atoms with E-state index in [1.807, 2.05) is 42.5 Å². The number of imide groups is 1. The number of aromatic amines is 1. The third-order valence-electron chi connectivity index (χ3n) is 4.89. The maximum atomic E-state index is 13.0. The Morgan fingerprint density at radius 3 is 2.62 bits per heavy atom. The molecular formula is C21H15BrN2O5. The molecule has 3 heterocycles. The van der Waals surface area contributed by atoms with Crippen LogP contribution < -0.4 is 9.47 Å². The van der Waals surface area contributed by atoms with Gasteiger partial charge in [-0.1, -0.05) is 30.3 Å². The Kier molecular flexibility index (Phi) is 4.37.